The maximum absolute atomic E-state index is 13.9. The van der Waals surface area contributed by atoms with Gasteiger partial charge < -0.3 is 15.0 Å². The van der Waals surface area contributed by atoms with E-state index in [0.29, 0.717) is 24.5 Å². The standard InChI is InChI=1S/C28H39N3O5S/c1-5-24(28(33)29-23-14-7-8-15-23)30(19-22-13-11-12-21(3)18-22)27(32)20-31(37(4,34)35)25-16-9-10-17-26(25)36-6-2/h9-13,16-18,23-24H,5-8,14-15,19-20H2,1-4H3,(H,29,33)/t24-/m0/s1. The highest BCUT2D eigenvalue weighted by Gasteiger charge is 2.33. The molecule has 2 aromatic rings. The molecule has 1 N–H and O–H groups in total. The number of ether oxygens (including phenoxy) is 1. The third-order valence-electron chi connectivity index (χ3n) is 6.64. The Morgan fingerprint density at radius 3 is 2.41 bits per heavy atom. The highest BCUT2D eigenvalue weighted by molar-refractivity contribution is 7.92. The molecule has 0 aliphatic heterocycles. The van der Waals surface area contributed by atoms with Crippen molar-refractivity contribution in [3.05, 3.63) is 59.7 Å². The van der Waals surface area contributed by atoms with Crippen LogP contribution >= 0.6 is 0 Å². The molecule has 0 radical (unpaired) electrons. The number of para-hydroxylation sites is 2. The number of anilines is 1. The van der Waals surface area contributed by atoms with E-state index in [1.54, 1.807) is 24.3 Å². The number of aryl methyl sites for hydroxylation is 1. The molecule has 0 heterocycles. The summed E-state index contributed by atoms with van der Waals surface area (Å²) in [5.41, 5.74) is 2.21. The Morgan fingerprint density at radius 1 is 1.08 bits per heavy atom. The zero-order valence-corrected chi connectivity index (χ0v) is 23.1. The molecule has 2 amide bonds. The maximum Gasteiger partial charge on any atom is 0.244 e. The van der Waals surface area contributed by atoms with Crippen molar-refractivity contribution in [3.8, 4) is 5.75 Å². The summed E-state index contributed by atoms with van der Waals surface area (Å²) in [6, 6.07) is 13.9. The largest absolute Gasteiger partial charge is 0.492 e. The summed E-state index contributed by atoms with van der Waals surface area (Å²) in [4.78, 5) is 28.8. The zero-order valence-electron chi connectivity index (χ0n) is 22.3. The van der Waals surface area contributed by atoms with Crippen LogP contribution in [0, 0.1) is 6.92 Å². The molecule has 1 aliphatic carbocycles. The van der Waals surface area contributed by atoms with E-state index in [2.05, 4.69) is 5.32 Å². The Balaban J connectivity index is 1.95. The fourth-order valence-electron chi connectivity index (χ4n) is 4.83. The van der Waals surface area contributed by atoms with E-state index in [0.717, 1.165) is 47.4 Å². The lowest BCUT2D eigenvalue weighted by Crippen LogP contribution is -2.53. The molecular formula is C28H39N3O5S. The summed E-state index contributed by atoms with van der Waals surface area (Å²) < 4.78 is 32.5. The van der Waals surface area contributed by atoms with Gasteiger partial charge in [0.2, 0.25) is 21.8 Å². The van der Waals surface area contributed by atoms with Crippen molar-refractivity contribution in [1.29, 1.82) is 0 Å². The third kappa shape index (κ3) is 7.71. The lowest BCUT2D eigenvalue weighted by molar-refractivity contribution is -0.140. The Hall–Kier alpha value is -3.07. The first kappa shape index (κ1) is 28.5. The molecule has 3 rings (SSSR count). The predicted octanol–water partition coefficient (Wildman–Crippen LogP) is 4.03. The monoisotopic (exact) mass is 529 g/mol. The van der Waals surface area contributed by atoms with Crippen molar-refractivity contribution in [2.45, 2.75) is 71.5 Å². The quantitative estimate of drug-likeness (QED) is 0.448. The van der Waals surface area contributed by atoms with Crippen molar-refractivity contribution in [3.63, 3.8) is 0 Å². The van der Waals surface area contributed by atoms with E-state index in [-0.39, 0.29) is 18.5 Å². The Kier molecular flexibility index (Phi) is 9.97. The van der Waals surface area contributed by atoms with E-state index in [1.807, 2.05) is 45.0 Å². The topological polar surface area (TPSA) is 96.0 Å². The molecule has 0 spiro atoms. The second-order valence-electron chi connectivity index (χ2n) is 9.60. The SMILES string of the molecule is CCOc1ccccc1N(CC(=O)N(Cc1cccc(C)c1)[C@@H](CC)C(=O)NC1CCCC1)S(C)(=O)=O. The van der Waals surface area contributed by atoms with Gasteiger partial charge in [0.05, 0.1) is 18.6 Å². The summed E-state index contributed by atoms with van der Waals surface area (Å²) in [5, 5.41) is 3.12. The van der Waals surface area contributed by atoms with Crippen molar-refractivity contribution in [1.82, 2.24) is 10.2 Å². The Morgan fingerprint density at radius 2 is 1.78 bits per heavy atom. The van der Waals surface area contributed by atoms with Gasteiger partial charge in [0.1, 0.15) is 18.3 Å². The summed E-state index contributed by atoms with van der Waals surface area (Å²) in [6.07, 6.45) is 5.50. The molecule has 0 unspecified atom stereocenters. The highest BCUT2D eigenvalue weighted by Crippen LogP contribution is 2.30. The number of hydrogen-bond acceptors (Lipinski definition) is 5. The number of sulfonamides is 1. The maximum atomic E-state index is 13.9. The number of nitrogens with zero attached hydrogens (tertiary/aromatic N) is 2. The molecule has 1 aliphatic rings. The third-order valence-corrected chi connectivity index (χ3v) is 7.76. The number of carbonyl (C=O) groups excluding carboxylic acids is 2. The molecule has 8 nitrogen and oxygen atoms in total. The van der Waals surface area contributed by atoms with Gasteiger partial charge >= 0.3 is 0 Å². The van der Waals surface area contributed by atoms with Crippen LogP contribution in [0.2, 0.25) is 0 Å². The van der Waals surface area contributed by atoms with E-state index in [4.69, 9.17) is 4.74 Å². The van der Waals surface area contributed by atoms with Gasteiger partial charge in [-0.05, 0) is 50.8 Å². The molecule has 202 valence electrons. The van der Waals surface area contributed by atoms with E-state index in [1.165, 1.54) is 4.90 Å². The van der Waals surface area contributed by atoms with Crippen molar-refractivity contribution >= 4 is 27.5 Å². The molecular weight excluding hydrogens is 490 g/mol. The lowest BCUT2D eigenvalue weighted by atomic mass is 10.1. The first-order valence-electron chi connectivity index (χ1n) is 13.0. The molecule has 1 saturated carbocycles. The smallest absolute Gasteiger partial charge is 0.244 e. The number of nitrogens with one attached hydrogen (secondary N) is 1. The van der Waals surface area contributed by atoms with Gasteiger partial charge in [-0.15, -0.1) is 0 Å². The molecule has 0 aromatic heterocycles. The van der Waals surface area contributed by atoms with Crippen LogP contribution in [0.3, 0.4) is 0 Å². The van der Waals surface area contributed by atoms with Crippen molar-refractivity contribution in [2.75, 3.05) is 23.7 Å². The number of benzene rings is 2. The molecule has 1 atom stereocenters. The predicted molar refractivity (Wildman–Crippen MR) is 146 cm³/mol. The van der Waals surface area contributed by atoms with Gasteiger partial charge in [-0.1, -0.05) is 61.7 Å². The van der Waals surface area contributed by atoms with Crippen LogP contribution in [0.25, 0.3) is 0 Å². The molecule has 0 saturated heterocycles. The molecule has 37 heavy (non-hydrogen) atoms. The van der Waals surface area contributed by atoms with Crippen LogP contribution < -0.4 is 14.4 Å². The van der Waals surface area contributed by atoms with Gasteiger partial charge in [0, 0.05) is 12.6 Å². The van der Waals surface area contributed by atoms with Gasteiger partial charge in [-0.25, -0.2) is 8.42 Å². The Labute approximate surface area is 221 Å². The number of carbonyl (C=O) groups is 2. The molecule has 9 heteroatoms. The minimum absolute atomic E-state index is 0.114. The van der Waals surface area contributed by atoms with Gasteiger partial charge in [-0.3, -0.25) is 13.9 Å². The first-order valence-corrected chi connectivity index (χ1v) is 14.8. The molecule has 2 aromatic carbocycles. The van der Waals surface area contributed by atoms with E-state index in [9.17, 15) is 18.0 Å². The molecule has 1 fully saturated rings. The summed E-state index contributed by atoms with van der Waals surface area (Å²) in [6.45, 7) is 5.75. The number of amides is 2. The van der Waals surface area contributed by atoms with Crippen molar-refractivity contribution in [2.24, 2.45) is 0 Å². The van der Waals surface area contributed by atoms with Crippen LogP contribution in [0.4, 0.5) is 5.69 Å². The second-order valence-corrected chi connectivity index (χ2v) is 11.5. The zero-order chi connectivity index (χ0) is 27.0. The highest BCUT2D eigenvalue weighted by atomic mass is 32.2. The van der Waals surface area contributed by atoms with Crippen LogP contribution in [-0.2, 0) is 26.2 Å². The van der Waals surface area contributed by atoms with E-state index < -0.39 is 28.5 Å². The summed E-state index contributed by atoms with van der Waals surface area (Å²) in [7, 11) is -3.83. The second kappa shape index (κ2) is 12.9. The fraction of sp³-hybridized carbons (Fsp3) is 0.500. The van der Waals surface area contributed by atoms with Crippen LogP contribution in [0.5, 0.6) is 5.75 Å². The minimum Gasteiger partial charge on any atom is -0.492 e. The van der Waals surface area contributed by atoms with Gasteiger partial charge in [0.15, 0.2) is 0 Å². The lowest BCUT2D eigenvalue weighted by Gasteiger charge is -2.33. The average Bonchev–Trinajstić information content (AvgIpc) is 3.35. The Bertz CT molecular complexity index is 1180. The minimum atomic E-state index is -3.83. The first-order chi connectivity index (χ1) is 17.6. The summed E-state index contributed by atoms with van der Waals surface area (Å²) >= 11 is 0. The van der Waals surface area contributed by atoms with Crippen LogP contribution in [0.15, 0.2) is 48.5 Å². The van der Waals surface area contributed by atoms with Crippen LogP contribution in [0.1, 0.15) is 57.1 Å². The number of hydrogen-bond donors (Lipinski definition) is 1. The average molecular weight is 530 g/mol. The number of rotatable bonds is 12. The van der Waals surface area contributed by atoms with Crippen molar-refractivity contribution < 1.29 is 22.7 Å². The van der Waals surface area contributed by atoms with E-state index >= 15 is 0 Å². The summed E-state index contributed by atoms with van der Waals surface area (Å²) in [5.74, 6) is -0.276. The van der Waals surface area contributed by atoms with Gasteiger partial charge in [-0.2, -0.15) is 0 Å². The van der Waals surface area contributed by atoms with Crippen LogP contribution in [-0.4, -0.2) is 56.6 Å². The normalized spacial score (nSPS) is 14.7. The molecule has 0 bridgehead atoms. The fourth-order valence-corrected chi connectivity index (χ4v) is 5.68. The van der Waals surface area contributed by atoms with Gasteiger partial charge in [0.25, 0.3) is 0 Å².